The van der Waals surface area contributed by atoms with Gasteiger partial charge in [0, 0.05) is 32.0 Å². The number of likely N-dealkylation sites (tertiary alicyclic amines) is 1. The van der Waals surface area contributed by atoms with Crippen LogP contribution in [0.4, 0.5) is 16.2 Å². The maximum absolute atomic E-state index is 13.0. The summed E-state index contributed by atoms with van der Waals surface area (Å²) in [5.41, 5.74) is 6.99. The summed E-state index contributed by atoms with van der Waals surface area (Å²) < 4.78 is 6.11. The van der Waals surface area contributed by atoms with Crippen molar-refractivity contribution in [2.45, 2.75) is 32.2 Å². The predicted molar refractivity (Wildman–Crippen MR) is 137 cm³/mol. The van der Waals surface area contributed by atoms with Crippen molar-refractivity contribution in [2.75, 3.05) is 30.9 Å². The number of hydrogen-bond donors (Lipinski definition) is 1. The van der Waals surface area contributed by atoms with Gasteiger partial charge in [-0.2, -0.15) is 0 Å². The lowest BCUT2D eigenvalue weighted by molar-refractivity contribution is 0.199. The number of rotatable bonds is 5. The third kappa shape index (κ3) is 4.36. The molecule has 0 unspecified atom stereocenters. The maximum atomic E-state index is 13.0. The first-order valence-corrected chi connectivity index (χ1v) is 11.9. The van der Waals surface area contributed by atoms with E-state index in [0.717, 1.165) is 52.9 Å². The van der Waals surface area contributed by atoms with Gasteiger partial charge in [-0.3, -0.25) is 0 Å². The summed E-state index contributed by atoms with van der Waals surface area (Å²) in [6, 6.07) is 22.3. The molecule has 1 aliphatic heterocycles. The van der Waals surface area contributed by atoms with Crippen molar-refractivity contribution in [3.63, 3.8) is 0 Å². The number of aromatic nitrogens is 1. The van der Waals surface area contributed by atoms with Crippen LogP contribution >= 0.6 is 0 Å². The predicted octanol–water partition coefficient (Wildman–Crippen LogP) is 6.49. The highest BCUT2D eigenvalue weighted by molar-refractivity contribution is 5.90. The molecule has 174 valence electrons. The van der Waals surface area contributed by atoms with Crippen LogP contribution in [0.5, 0.6) is 0 Å². The Balaban J connectivity index is 1.35. The molecule has 1 aliphatic rings. The second-order valence-corrected chi connectivity index (χ2v) is 9.01. The number of amides is 2. The Morgan fingerprint density at radius 2 is 1.79 bits per heavy atom. The quantitative estimate of drug-likeness (QED) is 0.374. The molecule has 1 saturated heterocycles. The van der Waals surface area contributed by atoms with Crippen LogP contribution in [0.2, 0.25) is 0 Å². The molecule has 0 bridgehead atoms. The highest BCUT2D eigenvalue weighted by atomic mass is 16.4. The van der Waals surface area contributed by atoms with Crippen molar-refractivity contribution in [3.05, 3.63) is 78.2 Å². The van der Waals surface area contributed by atoms with Gasteiger partial charge in [-0.15, -0.1) is 0 Å². The number of fused-ring (bicyclic) bond motifs is 1. The Kier molecular flexibility index (Phi) is 5.97. The third-order valence-corrected chi connectivity index (χ3v) is 6.53. The number of anilines is 2. The van der Waals surface area contributed by atoms with Gasteiger partial charge in [0.2, 0.25) is 5.89 Å². The van der Waals surface area contributed by atoms with Gasteiger partial charge < -0.3 is 19.5 Å². The average Bonchev–Trinajstić information content (AvgIpc) is 3.51. The number of nitrogens with one attached hydrogen (secondary N) is 1. The van der Waals surface area contributed by atoms with E-state index in [1.165, 1.54) is 5.56 Å². The van der Waals surface area contributed by atoms with Crippen molar-refractivity contribution < 1.29 is 9.21 Å². The van der Waals surface area contributed by atoms with Crippen LogP contribution in [-0.2, 0) is 6.42 Å². The fraction of sp³-hybridized carbons (Fsp3) is 0.286. The van der Waals surface area contributed by atoms with E-state index in [4.69, 9.17) is 9.40 Å². The molecule has 0 saturated carbocycles. The first-order chi connectivity index (χ1) is 16.5. The summed E-state index contributed by atoms with van der Waals surface area (Å²) in [5.74, 6) is 0.601. The molecule has 1 N–H and O–H groups in total. The van der Waals surface area contributed by atoms with Crippen molar-refractivity contribution in [2.24, 2.45) is 0 Å². The molecule has 4 aromatic rings. The fourth-order valence-corrected chi connectivity index (χ4v) is 4.50. The zero-order chi connectivity index (χ0) is 23.7. The lowest BCUT2D eigenvalue weighted by Gasteiger charge is -2.22. The minimum absolute atomic E-state index is 0.115. The van der Waals surface area contributed by atoms with E-state index in [9.17, 15) is 4.79 Å². The number of hydrogen-bond acceptors (Lipinski definition) is 4. The second kappa shape index (κ2) is 9.21. The monoisotopic (exact) mass is 454 g/mol. The third-order valence-electron chi connectivity index (χ3n) is 6.53. The largest absolute Gasteiger partial charge is 0.438 e. The molecule has 2 amide bonds. The SMILES string of the molecule is CCc1ccc(NC(=O)N2CCC[C@H]2c2nc3cc(-c4ccc(N(C)C)cc4)ccc3o2)cc1. The molecule has 0 radical (unpaired) electrons. The molecular formula is C28H30N4O2. The summed E-state index contributed by atoms with van der Waals surface area (Å²) >= 11 is 0. The molecule has 34 heavy (non-hydrogen) atoms. The van der Waals surface area contributed by atoms with Crippen LogP contribution in [0.15, 0.2) is 71.1 Å². The van der Waals surface area contributed by atoms with Gasteiger partial charge in [-0.25, -0.2) is 9.78 Å². The number of aryl methyl sites for hydroxylation is 1. The Labute approximate surface area is 200 Å². The van der Waals surface area contributed by atoms with Crippen LogP contribution < -0.4 is 10.2 Å². The number of oxazole rings is 1. The van der Waals surface area contributed by atoms with Crippen LogP contribution in [-0.4, -0.2) is 36.6 Å². The minimum atomic E-state index is -0.162. The van der Waals surface area contributed by atoms with Gasteiger partial charge in [0.15, 0.2) is 5.58 Å². The zero-order valence-corrected chi connectivity index (χ0v) is 19.9. The number of nitrogens with zero attached hydrogens (tertiary/aromatic N) is 3. The lowest BCUT2D eigenvalue weighted by Crippen LogP contribution is -2.34. The average molecular weight is 455 g/mol. The van der Waals surface area contributed by atoms with Crippen LogP contribution in [0.3, 0.4) is 0 Å². The molecule has 0 aliphatic carbocycles. The van der Waals surface area contributed by atoms with Gasteiger partial charge in [0.05, 0.1) is 0 Å². The Bertz CT molecular complexity index is 1290. The number of urea groups is 1. The molecular weight excluding hydrogens is 424 g/mol. The fourth-order valence-electron chi connectivity index (χ4n) is 4.50. The standard InChI is InChI=1S/C28H30N4O2/c1-4-19-7-12-22(13-8-19)29-28(33)32-17-5-6-25(32)27-30-24-18-21(11-16-26(24)34-27)20-9-14-23(15-10-20)31(2)3/h7-16,18,25H,4-6,17H2,1-3H3,(H,29,33)/t25-/m0/s1. The second-order valence-electron chi connectivity index (χ2n) is 9.01. The van der Waals surface area contributed by atoms with E-state index in [0.29, 0.717) is 12.4 Å². The number of benzene rings is 3. The van der Waals surface area contributed by atoms with Gasteiger partial charge in [-0.05, 0) is 72.4 Å². The van der Waals surface area contributed by atoms with Gasteiger partial charge >= 0.3 is 6.03 Å². The molecule has 1 fully saturated rings. The van der Waals surface area contributed by atoms with E-state index in [1.807, 2.05) is 49.3 Å². The Hall–Kier alpha value is -3.80. The van der Waals surface area contributed by atoms with Crippen LogP contribution in [0.1, 0.15) is 37.3 Å². The number of carbonyl (C=O) groups excluding carboxylic acids is 1. The normalized spacial score (nSPS) is 15.6. The topological polar surface area (TPSA) is 61.6 Å². The first-order valence-electron chi connectivity index (χ1n) is 11.9. The summed E-state index contributed by atoms with van der Waals surface area (Å²) in [7, 11) is 4.07. The van der Waals surface area contributed by atoms with Crippen LogP contribution in [0.25, 0.3) is 22.2 Å². The molecule has 5 rings (SSSR count). The van der Waals surface area contributed by atoms with E-state index in [1.54, 1.807) is 0 Å². The van der Waals surface area contributed by atoms with Crippen molar-refractivity contribution in [1.29, 1.82) is 0 Å². The summed E-state index contributed by atoms with van der Waals surface area (Å²) in [4.78, 5) is 21.7. The van der Waals surface area contributed by atoms with E-state index >= 15 is 0 Å². The molecule has 2 heterocycles. The van der Waals surface area contributed by atoms with Gasteiger partial charge in [0.25, 0.3) is 0 Å². The summed E-state index contributed by atoms with van der Waals surface area (Å²) in [6.45, 7) is 2.80. The van der Waals surface area contributed by atoms with Gasteiger partial charge in [-0.1, -0.05) is 37.3 Å². The molecule has 3 aromatic carbocycles. The summed E-state index contributed by atoms with van der Waals surface area (Å²) in [5, 5.41) is 3.03. The Morgan fingerprint density at radius 3 is 2.50 bits per heavy atom. The molecule has 1 atom stereocenters. The molecule has 6 heteroatoms. The highest BCUT2D eigenvalue weighted by Crippen LogP contribution is 2.35. The van der Waals surface area contributed by atoms with Crippen molar-refractivity contribution in [3.8, 4) is 11.1 Å². The van der Waals surface area contributed by atoms with Crippen molar-refractivity contribution >= 4 is 28.5 Å². The minimum Gasteiger partial charge on any atom is -0.438 e. The van der Waals surface area contributed by atoms with Gasteiger partial charge in [0.1, 0.15) is 11.6 Å². The lowest BCUT2D eigenvalue weighted by atomic mass is 10.0. The van der Waals surface area contributed by atoms with E-state index in [2.05, 4.69) is 53.5 Å². The number of carbonyl (C=O) groups is 1. The van der Waals surface area contributed by atoms with E-state index in [-0.39, 0.29) is 12.1 Å². The van der Waals surface area contributed by atoms with E-state index < -0.39 is 0 Å². The molecule has 1 aromatic heterocycles. The zero-order valence-electron chi connectivity index (χ0n) is 19.9. The summed E-state index contributed by atoms with van der Waals surface area (Å²) in [6.07, 6.45) is 2.74. The smallest absolute Gasteiger partial charge is 0.322 e. The highest BCUT2D eigenvalue weighted by Gasteiger charge is 2.33. The van der Waals surface area contributed by atoms with Crippen molar-refractivity contribution in [1.82, 2.24) is 9.88 Å². The maximum Gasteiger partial charge on any atom is 0.322 e. The molecule has 0 spiro atoms. The van der Waals surface area contributed by atoms with Crippen LogP contribution in [0, 0.1) is 0 Å². The Morgan fingerprint density at radius 1 is 1.06 bits per heavy atom. The molecule has 6 nitrogen and oxygen atoms in total. The first kappa shape index (κ1) is 22.0.